The monoisotopic (exact) mass is 282 g/mol. The zero-order chi connectivity index (χ0) is 15.2. The third-order valence-corrected chi connectivity index (χ3v) is 2.94. The predicted molar refractivity (Wildman–Crippen MR) is 72.9 cm³/mol. The summed E-state index contributed by atoms with van der Waals surface area (Å²) in [6, 6.07) is 5.80. The van der Waals surface area contributed by atoms with Crippen molar-refractivity contribution in [2.45, 2.75) is 25.8 Å². The van der Waals surface area contributed by atoms with Crippen molar-refractivity contribution < 1.29 is 19.6 Å². The molecule has 1 unspecified atom stereocenters. The average Bonchev–Trinajstić information content (AvgIpc) is 2.39. The smallest absolute Gasteiger partial charge is 0.323 e. The molecule has 0 amide bonds. The second-order valence-electron chi connectivity index (χ2n) is 4.52. The normalized spacial score (nSPS) is 13.5. The number of rotatable bonds is 8. The molecule has 2 N–H and O–H groups in total. The van der Waals surface area contributed by atoms with Gasteiger partial charge in [0.05, 0.1) is 17.6 Å². The Kier molecular flexibility index (Phi) is 5.45. The van der Waals surface area contributed by atoms with Crippen molar-refractivity contribution in [3.63, 3.8) is 0 Å². The van der Waals surface area contributed by atoms with Gasteiger partial charge in [-0.15, -0.1) is 0 Å². The number of nitro benzene ring substituents is 1. The molecule has 7 heteroatoms. The summed E-state index contributed by atoms with van der Waals surface area (Å²) in [4.78, 5) is 21.3. The van der Waals surface area contributed by atoms with Crippen molar-refractivity contribution in [1.82, 2.24) is 5.32 Å². The van der Waals surface area contributed by atoms with Crippen LogP contribution in [-0.2, 0) is 4.79 Å². The van der Waals surface area contributed by atoms with E-state index in [1.54, 1.807) is 13.0 Å². The number of likely N-dealkylation sites (N-methyl/N-ethyl adjacent to an activating group) is 1. The van der Waals surface area contributed by atoms with Gasteiger partial charge in [0.1, 0.15) is 11.3 Å². The number of nitrogens with zero attached hydrogens (tertiary/aromatic N) is 1. The summed E-state index contributed by atoms with van der Waals surface area (Å²) in [7, 11) is 0. The molecule has 0 heterocycles. The number of carboxylic acids is 1. The Morgan fingerprint density at radius 2 is 2.25 bits per heavy atom. The van der Waals surface area contributed by atoms with E-state index in [9.17, 15) is 20.0 Å². The van der Waals surface area contributed by atoms with Crippen molar-refractivity contribution in [2.24, 2.45) is 0 Å². The van der Waals surface area contributed by atoms with Gasteiger partial charge in [-0.1, -0.05) is 13.0 Å². The number of hydrogen-bond acceptors (Lipinski definition) is 5. The highest BCUT2D eigenvalue weighted by atomic mass is 16.6. The van der Waals surface area contributed by atoms with Gasteiger partial charge in [-0.25, -0.2) is 0 Å². The molecule has 7 nitrogen and oxygen atoms in total. The maximum absolute atomic E-state index is 11.2. The van der Waals surface area contributed by atoms with Gasteiger partial charge in [0.2, 0.25) is 0 Å². The highest BCUT2D eigenvalue weighted by molar-refractivity contribution is 5.78. The summed E-state index contributed by atoms with van der Waals surface area (Å²) in [5.74, 6) is -0.606. The van der Waals surface area contributed by atoms with Crippen LogP contribution in [0.4, 0.5) is 5.69 Å². The summed E-state index contributed by atoms with van der Waals surface area (Å²) in [6.45, 7) is 4.08. The first-order chi connectivity index (χ1) is 9.39. The van der Waals surface area contributed by atoms with Gasteiger partial charge in [0.25, 0.3) is 5.69 Å². The van der Waals surface area contributed by atoms with Crippen molar-refractivity contribution in [3.05, 3.63) is 34.4 Å². The fraction of sp³-hybridized carbons (Fsp3) is 0.462. The Bertz CT molecular complexity index is 491. The van der Waals surface area contributed by atoms with Crippen LogP contribution in [-0.4, -0.2) is 34.7 Å². The van der Waals surface area contributed by atoms with E-state index in [0.717, 1.165) is 0 Å². The molecule has 0 aliphatic heterocycles. The summed E-state index contributed by atoms with van der Waals surface area (Å²) < 4.78 is 5.38. The second-order valence-corrected chi connectivity index (χ2v) is 4.52. The first-order valence-electron chi connectivity index (χ1n) is 6.24. The Hall–Kier alpha value is -2.15. The first kappa shape index (κ1) is 15.9. The van der Waals surface area contributed by atoms with E-state index >= 15 is 0 Å². The number of non-ortho nitro benzene ring substituents is 1. The lowest BCUT2D eigenvalue weighted by atomic mass is 9.98. The molecular weight excluding hydrogens is 264 g/mol. The molecule has 0 saturated heterocycles. The van der Waals surface area contributed by atoms with Crippen LogP contribution < -0.4 is 10.1 Å². The molecule has 0 fully saturated rings. The molecule has 0 bridgehead atoms. The van der Waals surface area contributed by atoms with Gasteiger partial charge >= 0.3 is 5.97 Å². The number of carbonyl (C=O) groups is 1. The SMILES string of the molecule is CCNC(C)(CCOc1cccc([N+](=O)[O-])c1)C(=O)O. The van der Waals surface area contributed by atoms with Crippen LogP contribution in [0.1, 0.15) is 20.3 Å². The van der Waals surface area contributed by atoms with Crippen LogP contribution >= 0.6 is 0 Å². The molecule has 110 valence electrons. The van der Waals surface area contributed by atoms with Crippen LogP contribution in [0.3, 0.4) is 0 Å². The van der Waals surface area contributed by atoms with Gasteiger partial charge in [-0.05, 0) is 19.5 Å². The number of benzene rings is 1. The summed E-state index contributed by atoms with van der Waals surface area (Å²) in [6.07, 6.45) is 0.249. The molecule has 1 aromatic carbocycles. The number of nitro groups is 1. The Balaban J connectivity index is 2.61. The van der Waals surface area contributed by atoms with Crippen molar-refractivity contribution >= 4 is 11.7 Å². The van der Waals surface area contributed by atoms with Crippen LogP contribution in [0.15, 0.2) is 24.3 Å². The summed E-state index contributed by atoms with van der Waals surface area (Å²) in [5.41, 5.74) is -1.13. The number of carboxylic acid groups (broad SMARTS) is 1. The van der Waals surface area contributed by atoms with E-state index in [0.29, 0.717) is 12.3 Å². The van der Waals surface area contributed by atoms with E-state index < -0.39 is 16.4 Å². The minimum atomic E-state index is -1.07. The number of aliphatic carboxylic acids is 1. The molecular formula is C13H18N2O5. The minimum Gasteiger partial charge on any atom is -0.493 e. The minimum absolute atomic E-state index is 0.0600. The quantitative estimate of drug-likeness (QED) is 0.557. The molecule has 0 saturated carbocycles. The molecule has 20 heavy (non-hydrogen) atoms. The Morgan fingerprint density at radius 3 is 2.80 bits per heavy atom. The highest BCUT2D eigenvalue weighted by Gasteiger charge is 2.31. The van der Waals surface area contributed by atoms with Crippen LogP contribution in [0.25, 0.3) is 0 Å². The maximum Gasteiger partial charge on any atom is 0.323 e. The van der Waals surface area contributed by atoms with E-state index in [2.05, 4.69) is 5.32 Å². The van der Waals surface area contributed by atoms with Crippen molar-refractivity contribution in [1.29, 1.82) is 0 Å². The van der Waals surface area contributed by atoms with Crippen LogP contribution in [0.2, 0.25) is 0 Å². The molecule has 1 atom stereocenters. The molecule has 0 aromatic heterocycles. The highest BCUT2D eigenvalue weighted by Crippen LogP contribution is 2.20. The molecule has 0 aliphatic carbocycles. The average molecular weight is 282 g/mol. The van der Waals surface area contributed by atoms with E-state index in [-0.39, 0.29) is 18.7 Å². The van der Waals surface area contributed by atoms with E-state index in [4.69, 9.17) is 4.74 Å². The molecule has 0 spiro atoms. The van der Waals surface area contributed by atoms with Crippen molar-refractivity contribution in [3.8, 4) is 5.75 Å². The third-order valence-electron chi connectivity index (χ3n) is 2.94. The second kappa shape index (κ2) is 6.85. The summed E-state index contributed by atoms with van der Waals surface area (Å²) in [5, 5.41) is 22.7. The molecule has 1 aromatic rings. The number of nitrogens with one attached hydrogen (secondary N) is 1. The molecule has 0 radical (unpaired) electrons. The largest absolute Gasteiger partial charge is 0.493 e. The molecule has 1 rings (SSSR count). The fourth-order valence-electron chi connectivity index (χ4n) is 1.72. The summed E-state index contributed by atoms with van der Waals surface area (Å²) >= 11 is 0. The van der Waals surface area contributed by atoms with Gasteiger partial charge in [0.15, 0.2) is 0 Å². The number of ether oxygens (including phenoxy) is 1. The Labute approximate surface area is 116 Å². The topological polar surface area (TPSA) is 102 Å². The van der Waals surface area contributed by atoms with Gasteiger partial charge in [-0.2, -0.15) is 0 Å². The predicted octanol–water partition coefficient (Wildman–Crippen LogP) is 1.82. The van der Waals surface area contributed by atoms with E-state index in [1.165, 1.54) is 18.2 Å². The Morgan fingerprint density at radius 1 is 1.55 bits per heavy atom. The molecule has 0 aliphatic rings. The van der Waals surface area contributed by atoms with Crippen molar-refractivity contribution in [2.75, 3.05) is 13.2 Å². The van der Waals surface area contributed by atoms with Crippen LogP contribution in [0.5, 0.6) is 5.75 Å². The lowest BCUT2D eigenvalue weighted by Gasteiger charge is -2.25. The number of hydrogen-bond donors (Lipinski definition) is 2. The maximum atomic E-state index is 11.2. The zero-order valence-corrected chi connectivity index (χ0v) is 11.5. The first-order valence-corrected chi connectivity index (χ1v) is 6.24. The van der Waals surface area contributed by atoms with Gasteiger partial charge in [0, 0.05) is 12.5 Å². The fourth-order valence-corrected chi connectivity index (χ4v) is 1.72. The standard InChI is InChI=1S/C13H18N2O5/c1-3-14-13(2,12(16)17)7-8-20-11-6-4-5-10(9-11)15(18)19/h4-6,9,14H,3,7-8H2,1-2H3,(H,16,17). The lowest BCUT2D eigenvalue weighted by molar-refractivity contribution is -0.384. The van der Waals surface area contributed by atoms with Crippen LogP contribution in [0, 0.1) is 10.1 Å². The van der Waals surface area contributed by atoms with Gasteiger partial charge < -0.3 is 15.2 Å². The van der Waals surface area contributed by atoms with Gasteiger partial charge in [-0.3, -0.25) is 14.9 Å². The zero-order valence-electron chi connectivity index (χ0n) is 11.5. The lowest BCUT2D eigenvalue weighted by Crippen LogP contribution is -2.50. The third kappa shape index (κ3) is 4.20. The van der Waals surface area contributed by atoms with E-state index in [1.807, 2.05) is 6.92 Å².